The number of amides is 1. The molecule has 0 bridgehead atoms. The van der Waals surface area contributed by atoms with Crippen LogP contribution in [0, 0.1) is 5.92 Å². The average Bonchev–Trinajstić information content (AvgIpc) is 2.95. The highest BCUT2D eigenvalue weighted by Gasteiger charge is 2.30. The number of aromatic nitrogens is 2. The Morgan fingerprint density at radius 1 is 1.32 bits per heavy atom. The Morgan fingerprint density at radius 2 is 2.00 bits per heavy atom. The van der Waals surface area contributed by atoms with Gasteiger partial charge in [0, 0.05) is 25.4 Å². The van der Waals surface area contributed by atoms with E-state index < -0.39 is 10.0 Å². The van der Waals surface area contributed by atoms with E-state index in [0.717, 1.165) is 17.8 Å². The first-order valence-corrected chi connectivity index (χ1v) is 10.00. The molecule has 2 heterocycles. The Labute approximate surface area is 135 Å². The molecule has 1 aromatic heterocycles. The minimum atomic E-state index is -3.15. The van der Waals surface area contributed by atoms with Crippen molar-refractivity contribution < 1.29 is 13.2 Å². The average molecular weight is 346 g/mol. The van der Waals surface area contributed by atoms with Gasteiger partial charge in [-0.05, 0) is 26.2 Å². The molecule has 1 amide bonds. The summed E-state index contributed by atoms with van der Waals surface area (Å²) >= 11 is 1.40. The van der Waals surface area contributed by atoms with Gasteiger partial charge in [-0.2, -0.15) is 0 Å². The number of carbonyl (C=O) groups is 1. The van der Waals surface area contributed by atoms with Gasteiger partial charge in [0.2, 0.25) is 21.1 Å². The summed E-state index contributed by atoms with van der Waals surface area (Å²) in [6, 6.07) is 0. The molecule has 1 fully saturated rings. The Balaban J connectivity index is 1.87. The van der Waals surface area contributed by atoms with Gasteiger partial charge in [-0.1, -0.05) is 18.3 Å². The van der Waals surface area contributed by atoms with Crippen molar-refractivity contribution in [2.24, 2.45) is 5.92 Å². The van der Waals surface area contributed by atoms with Crippen LogP contribution in [0.1, 0.15) is 38.1 Å². The van der Waals surface area contributed by atoms with Crippen LogP contribution in [-0.4, -0.2) is 47.7 Å². The van der Waals surface area contributed by atoms with Crippen LogP contribution in [0.4, 0.5) is 5.13 Å². The zero-order chi connectivity index (χ0) is 16.2. The number of anilines is 1. The van der Waals surface area contributed by atoms with Crippen molar-refractivity contribution in [2.75, 3.05) is 24.2 Å². The van der Waals surface area contributed by atoms with Crippen LogP contribution in [0.25, 0.3) is 0 Å². The third kappa shape index (κ3) is 4.23. The van der Waals surface area contributed by atoms with Gasteiger partial charge in [0.05, 0.1) is 5.75 Å². The van der Waals surface area contributed by atoms with E-state index in [1.807, 2.05) is 0 Å². The maximum absolute atomic E-state index is 12.2. The number of rotatable bonds is 6. The monoisotopic (exact) mass is 346 g/mol. The molecule has 0 aromatic carbocycles. The van der Waals surface area contributed by atoms with E-state index in [-0.39, 0.29) is 17.6 Å². The van der Waals surface area contributed by atoms with Gasteiger partial charge in [0.1, 0.15) is 5.01 Å². The second-order valence-electron chi connectivity index (χ2n) is 5.31. The summed E-state index contributed by atoms with van der Waals surface area (Å²) in [5.74, 6) is -0.149. The Bertz CT molecular complexity index is 607. The number of piperidine rings is 1. The lowest BCUT2D eigenvalue weighted by Crippen LogP contribution is -2.42. The van der Waals surface area contributed by atoms with Crippen molar-refractivity contribution >= 4 is 32.4 Å². The quantitative estimate of drug-likeness (QED) is 0.842. The molecule has 7 nitrogen and oxygen atoms in total. The van der Waals surface area contributed by atoms with E-state index in [2.05, 4.69) is 22.4 Å². The molecule has 0 unspecified atom stereocenters. The standard InChI is InChI=1S/C13H22N4O3S2/c1-3-5-11-15-16-13(21-11)14-12(18)10-6-8-17(9-7-10)22(19,20)4-2/h10H,3-9H2,1-2H3,(H,14,16,18). The van der Waals surface area contributed by atoms with E-state index in [1.165, 1.54) is 15.6 Å². The highest BCUT2D eigenvalue weighted by molar-refractivity contribution is 7.89. The van der Waals surface area contributed by atoms with Gasteiger partial charge in [0.25, 0.3) is 0 Å². The van der Waals surface area contributed by atoms with Crippen LogP contribution in [0.5, 0.6) is 0 Å². The number of carbonyl (C=O) groups excluding carboxylic acids is 1. The highest BCUT2D eigenvalue weighted by atomic mass is 32.2. The van der Waals surface area contributed by atoms with Crippen molar-refractivity contribution in [3.8, 4) is 0 Å². The summed E-state index contributed by atoms with van der Waals surface area (Å²) in [5.41, 5.74) is 0. The van der Waals surface area contributed by atoms with Gasteiger partial charge in [0.15, 0.2) is 0 Å². The van der Waals surface area contributed by atoms with Crippen LogP contribution in [0.2, 0.25) is 0 Å². The molecule has 124 valence electrons. The second-order valence-corrected chi connectivity index (χ2v) is 8.63. The third-order valence-electron chi connectivity index (χ3n) is 3.74. The fourth-order valence-electron chi connectivity index (χ4n) is 2.41. The van der Waals surface area contributed by atoms with Gasteiger partial charge < -0.3 is 5.32 Å². The van der Waals surface area contributed by atoms with E-state index >= 15 is 0 Å². The first kappa shape index (κ1) is 17.3. The van der Waals surface area contributed by atoms with Crippen molar-refractivity contribution in [1.82, 2.24) is 14.5 Å². The maximum Gasteiger partial charge on any atom is 0.229 e. The second kappa shape index (κ2) is 7.47. The molecule has 9 heteroatoms. The summed E-state index contributed by atoms with van der Waals surface area (Å²) in [6.45, 7) is 4.52. The molecule has 1 aliphatic heterocycles. The number of nitrogens with one attached hydrogen (secondary N) is 1. The molecule has 0 saturated carbocycles. The molecule has 1 saturated heterocycles. The number of sulfonamides is 1. The van der Waals surface area contributed by atoms with Gasteiger partial charge >= 0.3 is 0 Å². The summed E-state index contributed by atoms with van der Waals surface area (Å²) in [5, 5.41) is 12.2. The van der Waals surface area contributed by atoms with Gasteiger partial charge in [-0.25, -0.2) is 12.7 Å². The van der Waals surface area contributed by atoms with Crippen molar-refractivity contribution in [2.45, 2.75) is 39.5 Å². The SMILES string of the molecule is CCCc1nnc(NC(=O)C2CCN(S(=O)(=O)CC)CC2)s1. The largest absolute Gasteiger partial charge is 0.300 e. The lowest BCUT2D eigenvalue weighted by atomic mass is 9.97. The highest BCUT2D eigenvalue weighted by Crippen LogP contribution is 2.23. The van der Waals surface area contributed by atoms with Gasteiger partial charge in [-0.15, -0.1) is 10.2 Å². The fourth-order valence-corrected chi connectivity index (χ4v) is 4.38. The third-order valence-corrected chi connectivity index (χ3v) is 6.52. The van der Waals surface area contributed by atoms with Crippen LogP contribution < -0.4 is 5.32 Å². The van der Waals surface area contributed by atoms with Crippen molar-refractivity contribution in [1.29, 1.82) is 0 Å². The lowest BCUT2D eigenvalue weighted by Gasteiger charge is -2.29. The molecule has 1 aliphatic rings. The molecule has 0 spiro atoms. The first-order valence-electron chi connectivity index (χ1n) is 7.57. The Morgan fingerprint density at radius 3 is 2.59 bits per heavy atom. The van der Waals surface area contributed by atoms with E-state index in [1.54, 1.807) is 6.92 Å². The zero-order valence-electron chi connectivity index (χ0n) is 12.9. The predicted octanol–water partition coefficient (Wildman–Crippen LogP) is 1.49. The predicted molar refractivity (Wildman–Crippen MR) is 86.3 cm³/mol. The van der Waals surface area contributed by atoms with Crippen LogP contribution in [0.15, 0.2) is 0 Å². The topological polar surface area (TPSA) is 92.3 Å². The number of hydrogen-bond acceptors (Lipinski definition) is 6. The fraction of sp³-hybridized carbons (Fsp3) is 0.769. The number of hydrogen-bond donors (Lipinski definition) is 1. The molecular weight excluding hydrogens is 324 g/mol. The molecule has 2 rings (SSSR count). The van der Waals surface area contributed by atoms with E-state index in [4.69, 9.17) is 0 Å². The van der Waals surface area contributed by atoms with E-state index in [0.29, 0.717) is 31.1 Å². The van der Waals surface area contributed by atoms with Crippen LogP contribution in [0.3, 0.4) is 0 Å². The molecular formula is C13H22N4O3S2. The number of nitrogens with zero attached hydrogens (tertiary/aromatic N) is 3. The summed E-state index contributed by atoms with van der Waals surface area (Å²) in [7, 11) is -3.15. The Hall–Kier alpha value is -1.06. The molecule has 0 atom stereocenters. The summed E-state index contributed by atoms with van der Waals surface area (Å²) in [4.78, 5) is 12.2. The van der Waals surface area contributed by atoms with Crippen LogP contribution in [-0.2, 0) is 21.2 Å². The minimum Gasteiger partial charge on any atom is -0.300 e. The zero-order valence-corrected chi connectivity index (χ0v) is 14.5. The maximum atomic E-state index is 12.2. The molecule has 22 heavy (non-hydrogen) atoms. The smallest absolute Gasteiger partial charge is 0.229 e. The minimum absolute atomic E-state index is 0.0901. The molecule has 1 N–H and O–H groups in total. The van der Waals surface area contributed by atoms with Crippen molar-refractivity contribution in [3.63, 3.8) is 0 Å². The summed E-state index contributed by atoms with van der Waals surface area (Å²) in [6.07, 6.45) is 2.95. The normalized spacial score (nSPS) is 17.5. The number of aryl methyl sites for hydroxylation is 1. The summed E-state index contributed by atoms with van der Waals surface area (Å²) < 4.78 is 25.1. The van der Waals surface area contributed by atoms with E-state index in [9.17, 15) is 13.2 Å². The molecule has 0 radical (unpaired) electrons. The molecule has 1 aromatic rings. The lowest BCUT2D eigenvalue weighted by molar-refractivity contribution is -0.120. The van der Waals surface area contributed by atoms with Gasteiger partial charge in [-0.3, -0.25) is 4.79 Å². The first-order chi connectivity index (χ1) is 10.5. The van der Waals surface area contributed by atoms with Crippen molar-refractivity contribution in [3.05, 3.63) is 5.01 Å². The Kier molecular flexibility index (Phi) is 5.87. The molecule has 0 aliphatic carbocycles. The van der Waals surface area contributed by atoms with Crippen LogP contribution >= 0.6 is 11.3 Å².